The van der Waals surface area contributed by atoms with Crippen LogP contribution >= 0.6 is 0 Å². The zero-order chi connectivity index (χ0) is 16.3. The SMILES string of the molecule is Cc1noc(C)c1CNC(=O)Cn1cc(NS(C)(=O)=O)nn1. The lowest BCUT2D eigenvalue weighted by Crippen LogP contribution is -2.27. The molecule has 0 saturated carbocycles. The second-order valence-electron chi connectivity index (χ2n) is 4.76. The Morgan fingerprint density at radius 3 is 2.73 bits per heavy atom. The highest BCUT2D eigenvalue weighted by Crippen LogP contribution is 2.11. The lowest BCUT2D eigenvalue weighted by atomic mass is 10.2. The number of nitrogens with zero attached hydrogens (tertiary/aromatic N) is 4. The molecule has 0 saturated heterocycles. The summed E-state index contributed by atoms with van der Waals surface area (Å²) in [6.07, 6.45) is 2.33. The number of aromatic nitrogens is 4. The van der Waals surface area contributed by atoms with Crippen molar-refractivity contribution < 1.29 is 17.7 Å². The lowest BCUT2D eigenvalue weighted by Gasteiger charge is -2.04. The summed E-state index contributed by atoms with van der Waals surface area (Å²) in [7, 11) is -3.43. The van der Waals surface area contributed by atoms with Crippen LogP contribution in [0.3, 0.4) is 0 Å². The predicted octanol–water partition coefficient (Wildman–Crippen LogP) is -0.429. The van der Waals surface area contributed by atoms with Gasteiger partial charge >= 0.3 is 0 Å². The minimum absolute atomic E-state index is 0.0565. The maximum absolute atomic E-state index is 11.8. The molecule has 2 aromatic heterocycles. The van der Waals surface area contributed by atoms with Gasteiger partial charge < -0.3 is 9.84 Å². The molecule has 2 rings (SSSR count). The molecule has 120 valence electrons. The van der Waals surface area contributed by atoms with Gasteiger partial charge in [0.1, 0.15) is 12.3 Å². The maximum Gasteiger partial charge on any atom is 0.242 e. The second-order valence-corrected chi connectivity index (χ2v) is 6.50. The average molecular weight is 328 g/mol. The van der Waals surface area contributed by atoms with Crippen LogP contribution in [0.1, 0.15) is 17.0 Å². The standard InChI is InChI=1S/C11H16N6O4S/c1-7-9(8(2)21-14-7)4-12-11(18)6-17-5-10(13-16-17)15-22(3,19)20/h5,15H,4,6H2,1-3H3,(H,12,18). The number of aryl methyl sites for hydroxylation is 2. The summed E-state index contributed by atoms with van der Waals surface area (Å²) in [5.74, 6) is 0.412. The van der Waals surface area contributed by atoms with Crippen LogP contribution in [0.15, 0.2) is 10.7 Å². The zero-order valence-corrected chi connectivity index (χ0v) is 13.1. The molecular weight excluding hydrogens is 312 g/mol. The quantitative estimate of drug-likeness (QED) is 0.735. The first-order valence-corrected chi connectivity index (χ1v) is 8.20. The van der Waals surface area contributed by atoms with Gasteiger partial charge in [0.25, 0.3) is 0 Å². The molecule has 0 radical (unpaired) electrons. The van der Waals surface area contributed by atoms with Crippen molar-refractivity contribution in [3.8, 4) is 0 Å². The molecule has 2 N–H and O–H groups in total. The van der Waals surface area contributed by atoms with Gasteiger partial charge in [-0.05, 0) is 13.8 Å². The Hall–Kier alpha value is -2.43. The van der Waals surface area contributed by atoms with Crippen molar-refractivity contribution in [2.24, 2.45) is 0 Å². The Morgan fingerprint density at radius 2 is 2.14 bits per heavy atom. The number of hydrogen-bond acceptors (Lipinski definition) is 7. The number of rotatable bonds is 6. The molecule has 22 heavy (non-hydrogen) atoms. The summed E-state index contributed by atoms with van der Waals surface area (Å²) in [4.78, 5) is 11.8. The van der Waals surface area contributed by atoms with Crippen LogP contribution in [-0.2, 0) is 27.9 Å². The van der Waals surface area contributed by atoms with Gasteiger partial charge in [-0.25, -0.2) is 13.1 Å². The highest BCUT2D eigenvalue weighted by Gasteiger charge is 2.12. The number of carbonyl (C=O) groups is 1. The molecule has 0 fully saturated rings. The molecule has 0 aliphatic carbocycles. The normalized spacial score (nSPS) is 11.4. The van der Waals surface area contributed by atoms with Crippen LogP contribution in [0.2, 0.25) is 0 Å². The van der Waals surface area contributed by atoms with Crippen molar-refractivity contribution in [3.05, 3.63) is 23.2 Å². The highest BCUT2D eigenvalue weighted by molar-refractivity contribution is 7.92. The fourth-order valence-electron chi connectivity index (χ4n) is 1.76. The van der Waals surface area contributed by atoms with Crippen molar-refractivity contribution in [1.29, 1.82) is 0 Å². The van der Waals surface area contributed by atoms with Crippen molar-refractivity contribution in [3.63, 3.8) is 0 Å². The Balaban J connectivity index is 1.90. The number of anilines is 1. The molecule has 11 heteroatoms. The molecule has 0 atom stereocenters. The van der Waals surface area contributed by atoms with Crippen LogP contribution < -0.4 is 10.0 Å². The predicted molar refractivity (Wildman–Crippen MR) is 76.3 cm³/mol. The average Bonchev–Trinajstić information content (AvgIpc) is 2.93. The van der Waals surface area contributed by atoms with E-state index in [-0.39, 0.29) is 18.3 Å². The molecule has 0 aliphatic rings. The summed E-state index contributed by atoms with van der Waals surface area (Å²) in [6, 6.07) is 0. The van der Waals surface area contributed by atoms with Crippen molar-refractivity contribution in [1.82, 2.24) is 25.5 Å². The van der Waals surface area contributed by atoms with E-state index in [9.17, 15) is 13.2 Å². The van der Waals surface area contributed by atoms with Gasteiger partial charge in [0.05, 0.1) is 18.1 Å². The number of sulfonamides is 1. The molecule has 2 heterocycles. The number of amides is 1. The molecule has 0 unspecified atom stereocenters. The molecule has 0 aromatic carbocycles. The van der Waals surface area contributed by atoms with Crippen LogP contribution in [-0.4, -0.2) is 40.7 Å². The Kier molecular flexibility index (Phi) is 4.45. The molecule has 0 aliphatic heterocycles. The van der Waals surface area contributed by atoms with E-state index in [1.54, 1.807) is 13.8 Å². The molecule has 2 aromatic rings. The van der Waals surface area contributed by atoms with E-state index < -0.39 is 10.0 Å². The van der Waals surface area contributed by atoms with Crippen molar-refractivity contribution in [2.75, 3.05) is 11.0 Å². The molecule has 0 spiro atoms. The van der Waals surface area contributed by atoms with E-state index in [0.29, 0.717) is 12.3 Å². The van der Waals surface area contributed by atoms with Gasteiger partial charge in [-0.1, -0.05) is 10.4 Å². The van der Waals surface area contributed by atoms with Gasteiger partial charge in [-0.2, -0.15) is 0 Å². The molecule has 10 nitrogen and oxygen atoms in total. The minimum atomic E-state index is -3.43. The third-order valence-electron chi connectivity index (χ3n) is 2.78. The van der Waals surface area contributed by atoms with Crippen molar-refractivity contribution in [2.45, 2.75) is 26.9 Å². The van der Waals surface area contributed by atoms with E-state index in [0.717, 1.165) is 17.5 Å². The first-order valence-electron chi connectivity index (χ1n) is 6.31. The summed E-state index contributed by atoms with van der Waals surface area (Å²) >= 11 is 0. The van der Waals surface area contributed by atoms with E-state index >= 15 is 0 Å². The van der Waals surface area contributed by atoms with E-state index in [1.807, 2.05) is 0 Å². The van der Waals surface area contributed by atoms with Gasteiger partial charge in [-0.3, -0.25) is 9.52 Å². The van der Waals surface area contributed by atoms with Gasteiger partial charge in [0, 0.05) is 12.1 Å². The Morgan fingerprint density at radius 1 is 1.41 bits per heavy atom. The number of nitrogens with one attached hydrogen (secondary N) is 2. The van der Waals surface area contributed by atoms with Crippen LogP contribution in [0.5, 0.6) is 0 Å². The maximum atomic E-state index is 11.8. The minimum Gasteiger partial charge on any atom is -0.361 e. The molecule has 0 bridgehead atoms. The van der Waals surface area contributed by atoms with Crippen molar-refractivity contribution >= 4 is 21.7 Å². The second kappa shape index (κ2) is 6.13. The van der Waals surface area contributed by atoms with Crippen LogP contribution in [0.25, 0.3) is 0 Å². The molecule has 1 amide bonds. The largest absolute Gasteiger partial charge is 0.361 e. The van der Waals surface area contributed by atoms with E-state index in [2.05, 4.69) is 25.5 Å². The summed E-state index contributed by atoms with van der Waals surface area (Å²) < 4.78 is 30.5. The topological polar surface area (TPSA) is 132 Å². The first-order chi connectivity index (χ1) is 10.2. The highest BCUT2D eigenvalue weighted by atomic mass is 32.2. The van der Waals surface area contributed by atoms with E-state index in [4.69, 9.17) is 4.52 Å². The smallest absolute Gasteiger partial charge is 0.242 e. The summed E-state index contributed by atoms with van der Waals surface area (Å²) in [5, 5.41) is 13.8. The van der Waals surface area contributed by atoms with Gasteiger partial charge in [0.15, 0.2) is 5.82 Å². The van der Waals surface area contributed by atoms with Crippen LogP contribution in [0.4, 0.5) is 5.82 Å². The van der Waals surface area contributed by atoms with E-state index in [1.165, 1.54) is 10.9 Å². The van der Waals surface area contributed by atoms with Gasteiger partial charge in [-0.15, -0.1) is 5.10 Å². The Labute approximate surface area is 126 Å². The Bertz CT molecular complexity index is 759. The molecular formula is C11H16N6O4S. The number of hydrogen-bond donors (Lipinski definition) is 2. The number of carbonyl (C=O) groups excluding carboxylic acids is 1. The first kappa shape index (κ1) is 15.9. The van der Waals surface area contributed by atoms with Gasteiger partial charge in [0.2, 0.25) is 15.9 Å². The third kappa shape index (κ3) is 4.28. The third-order valence-corrected chi connectivity index (χ3v) is 3.36. The fourth-order valence-corrected chi connectivity index (χ4v) is 2.23. The summed E-state index contributed by atoms with van der Waals surface area (Å²) in [5.41, 5.74) is 1.55. The monoisotopic (exact) mass is 328 g/mol. The summed E-state index contributed by atoms with van der Waals surface area (Å²) in [6.45, 7) is 3.77. The zero-order valence-electron chi connectivity index (χ0n) is 12.3. The lowest BCUT2D eigenvalue weighted by molar-refractivity contribution is -0.122. The van der Waals surface area contributed by atoms with Crippen LogP contribution in [0, 0.1) is 13.8 Å². The fraction of sp³-hybridized carbons (Fsp3) is 0.455.